The second-order valence-electron chi connectivity index (χ2n) is 6.13. The smallest absolute Gasteiger partial charge is 0.313 e. The first-order valence-electron chi connectivity index (χ1n) is 7.79. The molecule has 5 nitrogen and oxygen atoms in total. The molecule has 128 valence electrons. The van der Waals surface area contributed by atoms with Crippen LogP contribution in [0.5, 0.6) is 0 Å². The molecule has 0 aromatic heterocycles. The molecule has 0 heterocycles. The van der Waals surface area contributed by atoms with Crippen LogP contribution in [0.1, 0.15) is 32.3 Å². The molecular formula is C17H25ClN2O3. The van der Waals surface area contributed by atoms with Gasteiger partial charge in [0, 0.05) is 23.9 Å². The van der Waals surface area contributed by atoms with E-state index in [4.69, 9.17) is 16.7 Å². The summed E-state index contributed by atoms with van der Waals surface area (Å²) in [5.74, 6) is -0.753. The zero-order chi connectivity index (χ0) is 17.4. The average Bonchev–Trinajstić information content (AvgIpc) is 2.47. The average molecular weight is 341 g/mol. The number of nitrogens with one attached hydrogen (secondary N) is 2. The fourth-order valence-electron chi connectivity index (χ4n) is 2.42. The molecule has 0 aliphatic rings. The van der Waals surface area contributed by atoms with Crippen LogP contribution < -0.4 is 10.6 Å². The van der Waals surface area contributed by atoms with Crippen molar-refractivity contribution in [2.75, 3.05) is 18.5 Å². The normalized spacial score (nSPS) is 12.1. The lowest BCUT2D eigenvalue weighted by atomic mass is 9.94. The van der Waals surface area contributed by atoms with E-state index in [1.165, 1.54) is 0 Å². The number of carbonyl (C=O) groups excluding carboxylic acids is 2. The quantitative estimate of drug-likeness (QED) is 0.668. The van der Waals surface area contributed by atoms with Gasteiger partial charge in [0.1, 0.15) is 0 Å². The number of aryl methyl sites for hydroxylation is 1. The SMILES string of the molecule is Cc1cc(Cl)ccc1NC(=O)C(=O)NCC(CCO)CC(C)C. The van der Waals surface area contributed by atoms with Crippen LogP contribution in [0.2, 0.25) is 5.02 Å². The third kappa shape index (κ3) is 7.01. The van der Waals surface area contributed by atoms with Crippen molar-refractivity contribution in [2.24, 2.45) is 11.8 Å². The molecule has 0 radical (unpaired) electrons. The van der Waals surface area contributed by atoms with Gasteiger partial charge in [0.05, 0.1) is 0 Å². The molecule has 0 fully saturated rings. The van der Waals surface area contributed by atoms with Gasteiger partial charge in [0.15, 0.2) is 0 Å². The lowest BCUT2D eigenvalue weighted by Gasteiger charge is -2.18. The Kier molecular flexibility index (Phi) is 8.06. The Labute approximate surface area is 142 Å². The van der Waals surface area contributed by atoms with Crippen LogP contribution in [0.4, 0.5) is 5.69 Å². The van der Waals surface area contributed by atoms with E-state index in [-0.39, 0.29) is 12.5 Å². The molecule has 3 N–H and O–H groups in total. The standard InChI is InChI=1S/C17H25ClN2O3/c1-11(2)8-13(6-7-21)10-19-16(22)17(23)20-15-5-4-14(18)9-12(15)3/h4-5,9,11,13,21H,6-8,10H2,1-3H3,(H,19,22)(H,20,23). The highest BCUT2D eigenvalue weighted by atomic mass is 35.5. The summed E-state index contributed by atoms with van der Waals surface area (Å²) in [6.45, 7) is 6.43. The molecule has 2 amide bonds. The van der Waals surface area contributed by atoms with Crippen LogP contribution in [-0.2, 0) is 9.59 Å². The van der Waals surface area contributed by atoms with E-state index in [9.17, 15) is 9.59 Å². The van der Waals surface area contributed by atoms with E-state index < -0.39 is 11.8 Å². The fraction of sp³-hybridized carbons (Fsp3) is 0.529. The monoisotopic (exact) mass is 340 g/mol. The summed E-state index contributed by atoms with van der Waals surface area (Å²) in [6.07, 6.45) is 1.50. The van der Waals surface area contributed by atoms with Crippen LogP contribution in [-0.4, -0.2) is 30.1 Å². The Balaban J connectivity index is 2.54. The molecule has 23 heavy (non-hydrogen) atoms. The summed E-state index contributed by atoms with van der Waals surface area (Å²) in [5, 5.41) is 14.9. The van der Waals surface area contributed by atoms with Crippen LogP contribution in [0.15, 0.2) is 18.2 Å². The Morgan fingerprint density at radius 2 is 1.96 bits per heavy atom. The van der Waals surface area contributed by atoms with Crippen molar-refractivity contribution in [2.45, 2.75) is 33.6 Å². The van der Waals surface area contributed by atoms with Gasteiger partial charge in [-0.3, -0.25) is 9.59 Å². The van der Waals surface area contributed by atoms with Crippen molar-refractivity contribution in [3.8, 4) is 0 Å². The van der Waals surface area contributed by atoms with Crippen LogP contribution in [0.25, 0.3) is 0 Å². The van der Waals surface area contributed by atoms with Gasteiger partial charge in [-0.25, -0.2) is 0 Å². The molecule has 1 aromatic rings. The molecule has 0 aliphatic carbocycles. The molecule has 0 bridgehead atoms. The highest BCUT2D eigenvalue weighted by Gasteiger charge is 2.17. The minimum atomic E-state index is -0.706. The maximum absolute atomic E-state index is 11.9. The summed E-state index contributed by atoms with van der Waals surface area (Å²) < 4.78 is 0. The second kappa shape index (κ2) is 9.53. The zero-order valence-corrected chi connectivity index (χ0v) is 14.6. The molecule has 6 heteroatoms. The molecule has 0 saturated heterocycles. The third-order valence-corrected chi connectivity index (χ3v) is 3.77. The number of aliphatic hydroxyl groups excluding tert-OH is 1. The van der Waals surface area contributed by atoms with Gasteiger partial charge in [-0.1, -0.05) is 25.4 Å². The topological polar surface area (TPSA) is 78.4 Å². The first-order valence-corrected chi connectivity index (χ1v) is 8.17. The third-order valence-electron chi connectivity index (χ3n) is 3.54. The Morgan fingerprint density at radius 3 is 2.52 bits per heavy atom. The van der Waals surface area contributed by atoms with E-state index in [1.54, 1.807) is 25.1 Å². The van der Waals surface area contributed by atoms with Crippen molar-refractivity contribution < 1.29 is 14.7 Å². The van der Waals surface area contributed by atoms with Crippen molar-refractivity contribution in [1.82, 2.24) is 5.32 Å². The van der Waals surface area contributed by atoms with E-state index >= 15 is 0 Å². The Bertz CT molecular complexity index is 547. The van der Waals surface area contributed by atoms with Gasteiger partial charge >= 0.3 is 11.8 Å². The summed E-state index contributed by atoms with van der Waals surface area (Å²) in [4.78, 5) is 23.8. The molecule has 0 spiro atoms. The zero-order valence-electron chi connectivity index (χ0n) is 13.9. The number of hydrogen-bond donors (Lipinski definition) is 3. The van der Waals surface area contributed by atoms with Gasteiger partial charge in [0.2, 0.25) is 0 Å². The van der Waals surface area contributed by atoms with Crippen molar-refractivity contribution in [3.05, 3.63) is 28.8 Å². The summed E-state index contributed by atoms with van der Waals surface area (Å²) >= 11 is 5.86. The number of anilines is 1. The van der Waals surface area contributed by atoms with E-state index in [1.807, 2.05) is 0 Å². The number of carbonyl (C=O) groups is 2. The summed E-state index contributed by atoms with van der Waals surface area (Å²) in [7, 11) is 0. The van der Waals surface area contributed by atoms with Crippen molar-refractivity contribution >= 4 is 29.1 Å². The molecule has 1 aromatic carbocycles. The Morgan fingerprint density at radius 1 is 1.26 bits per heavy atom. The number of rotatable bonds is 7. The molecule has 0 saturated carbocycles. The summed E-state index contributed by atoms with van der Waals surface area (Å²) in [5.41, 5.74) is 1.35. The number of benzene rings is 1. The van der Waals surface area contributed by atoms with E-state index in [0.29, 0.717) is 29.6 Å². The van der Waals surface area contributed by atoms with Gasteiger partial charge in [0.25, 0.3) is 0 Å². The highest BCUT2D eigenvalue weighted by molar-refractivity contribution is 6.39. The first kappa shape index (κ1) is 19.5. The first-order chi connectivity index (χ1) is 10.8. The van der Waals surface area contributed by atoms with Crippen molar-refractivity contribution in [3.63, 3.8) is 0 Å². The van der Waals surface area contributed by atoms with Crippen LogP contribution in [0.3, 0.4) is 0 Å². The van der Waals surface area contributed by atoms with Gasteiger partial charge in [-0.05, 0) is 55.4 Å². The number of hydrogen-bond acceptors (Lipinski definition) is 3. The van der Waals surface area contributed by atoms with Gasteiger partial charge in [-0.2, -0.15) is 0 Å². The lowest BCUT2D eigenvalue weighted by molar-refractivity contribution is -0.136. The largest absolute Gasteiger partial charge is 0.396 e. The molecular weight excluding hydrogens is 316 g/mol. The fourth-order valence-corrected chi connectivity index (χ4v) is 2.64. The minimum absolute atomic E-state index is 0.0728. The lowest BCUT2D eigenvalue weighted by Crippen LogP contribution is -2.38. The number of amides is 2. The minimum Gasteiger partial charge on any atom is -0.396 e. The maximum Gasteiger partial charge on any atom is 0.313 e. The number of aliphatic hydroxyl groups is 1. The highest BCUT2D eigenvalue weighted by Crippen LogP contribution is 2.19. The second-order valence-corrected chi connectivity index (χ2v) is 6.57. The molecule has 0 aliphatic heterocycles. The van der Waals surface area contributed by atoms with Gasteiger partial charge in [-0.15, -0.1) is 0 Å². The summed E-state index contributed by atoms with van der Waals surface area (Å²) in [6, 6.07) is 5.03. The van der Waals surface area contributed by atoms with E-state index in [2.05, 4.69) is 24.5 Å². The maximum atomic E-state index is 11.9. The van der Waals surface area contributed by atoms with Crippen LogP contribution >= 0.6 is 11.6 Å². The van der Waals surface area contributed by atoms with Crippen LogP contribution in [0, 0.1) is 18.8 Å². The number of halogens is 1. The molecule has 1 rings (SSSR count). The van der Waals surface area contributed by atoms with Crippen molar-refractivity contribution in [1.29, 1.82) is 0 Å². The van der Waals surface area contributed by atoms with Gasteiger partial charge < -0.3 is 15.7 Å². The Hall–Kier alpha value is -1.59. The molecule has 1 atom stereocenters. The van der Waals surface area contributed by atoms with E-state index in [0.717, 1.165) is 12.0 Å². The predicted molar refractivity (Wildman–Crippen MR) is 92.5 cm³/mol. The molecule has 1 unspecified atom stereocenters. The predicted octanol–water partition coefficient (Wildman–Crippen LogP) is 2.75.